The highest BCUT2D eigenvalue weighted by molar-refractivity contribution is 4.80. The van der Waals surface area contributed by atoms with Crippen molar-refractivity contribution in [3.05, 3.63) is 0 Å². The maximum atomic E-state index is 5.62. The molecule has 1 unspecified atom stereocenters. The molecule has 0 amide bonds. The molecule has 1 heterocycles. The summed E-state index contributed by atoms with van der Waals surface area (Å²) in [6, 6.07) is 0.696. The van der Waals surface area contributed by atoms with Crippen molar-refractivity contribution in [3.63, 3.8) is 0 Å². The summed E-state index contributed by atoms with van der Waals surface area (Å²) in [5.41, 5.74) is 0. The third-order valence-corrected chi connectivity index (χ3v) is 3.39. The zero-order chi connectivity index (χ0) is 13.8. The number of nitrogens with zero attached hydrogens (tertiary/aromatic N) is 1. The number of hydrogen-bond donors (Lipinski definition) is 1. The standard InChI is InChI=1S/C14H30N2O3/c1-3-6-16(14-4-5-15-13-14)7-8-18-11-12-19-10-9-17-2/h14-15H,3-13H2,1-2H3. The van der Waals surface area contributed by atoms with Gasteiger partial charge in [0, 0.05) is 26.2 Å². The van der Waals surface area contributed by atoms with E-state index in [9.17, 15) is 0 Å². The van der Waals surface area contributed by atoms with E-state index >= 15 is 0 Å². The Hall–Kier alpha value is -0.200. The predicted octanol–water partition coefficient (Wildman–Crippen LogP) is 0.740. The lowest BCUT2D eigenvalue weighted by molar-refractivity contribution is 0.0170. The van der Waals surface area contributed by atoms with Crippen molar-refractivity contribution < 1.29 is 14.2 Å². The Labute approximate surface area is 117 Å². The Bertz CT molecular complexity index is 199. The largest absolute Gasteiger partial charge is 0.382 e. The molecule has 0 spiro atoms. The van der Waals surface area contributed by atoms with Gasteiger partial charge in [-0.25, -0.2) is 0 Å². The molecule has 1 aliphatic heterocycles. The average molecular weight is 274 g/mol. The summed E-state index contributed by atoms with van der Waals surface area (Å²) in [5.74, 6) is 0. The second-order valence-corrected chi connectivity index (χ2v) is 4.90. The molecule has 0 bridgehead atoms. The fourth-order valence-corrected chi connectivity index (χ4v) is 2.36. The van der Waals surface area contributed by atoms with E-state index in [2.05, 4.69) is 17.1 Å². The molecule has 0 aromatic carbocycles. The van der Waals surface area contributed by atoms with Crippen molar-refractivity contribution in [3.8, 4) is 0 Å². The van der Waals surface area contributed by atoms with Gasteiger partial charge in [-0.2, -0.15) is 0 Å². The van der Waals surface area contributed by atoms with Gasteiger partial charge in [-0.3, -0.25) is 4.90 Å². The fourth-order valence-electron chi connectivity index (χ4n) is 2.36. The van der Waals surface area contributed by atoms with Crippen molar-refractivity contribution in [2.24, 2.45) is 0 Å². The van der Waals surface area contributed by atoms with E-state index in [1.807, 2.05) is 0 Å². The van der Waals surface area contributed by atoms with Crippen LogP contribution in [0.1, 0.15) is 19.8 Å². The smallest absolute Gasteiger partial charge is 0.0701 e. The third-order valence-electron chi connectivity index (χ3n) is 3.39. The van der Waals surface area contributed by atoms with Crippen molar-refractivity contribution in [2.75, 3.05) is 66.3 Å². The molecule has 0 aromatic rings. The molecule has 0 aromatic heterocycles. The molecule has 0 radical (unpaired) electrons. The van der Waals surface area contributed by atoms with Crippen molar-refractivity contribution in [1.29, 1.82) is 0 Å². The van der Waals surface area contributed by atoms with Gasteiger partial charge in [0.2, 0.25) is 0 Å². The topological polar surface area (TPSA) is 43.0 Å². The van der Waals surface area contributed by atoms with Crippen LogP contribution in [0.2, 0.25) is 0 Å². The molecular formula is C14H30N2O3. The van der Waals surface area contributed by atoms with Crippen LogP contribution >= 0.6 is 0 Å². The number of ether oxygens (including phenoxy) is 3. The van der Waals surface area contributed by atoms with Crippen LogP contribution in [0.3, 0.4) is 0 Å². The lowest BCUT2D eigenvalue weighted by Crippen LogP contribution is -2.39. The quantitative estimate of drug-likeness (QED) is 0.532. The SMILES string of the molecule is CCCN(CCOCCOCCOC)C1CCNC1. The number of methoxy groups -OCH3 is 1. The first-order valence-corrected chi connectivity index (χ1v) is 7.47. The first kappa shape index (κ1) is 16.9. The highest BCUT2D eigenvalue weighted by Gasteiger charge is 2.20. The average Bonchev–Trinajstić information content (AvgIpc) is 2.94. The van der Waals surface area contributed by atoms with E-state index < -0.39 is 0 Å². The highest BCUT2D eigenvalue weighted by Crippen LogP contribution is 2.08. The summed E-state index contributed by atoms with van der Waals surface area (Å²) < 4.78 is 15.9. The Morgan fingerprint density at radius 2 is 1.79 bits per heavy atom. The zero-order valence-electron chi connectivity index (χ0n) is 12.5. The summed E-state index contributed by atoms with van der Waals surface area (Å²) in [6.07, 6.45) is 2.47. The van der Waals surface area contributed by atoms with Crippen LogP contribution in [0.25, 0.3) is 0 Å². The number of nitrogens with one attached hydrogen (secondary N) is 1. The van der Waals surface area contributed by atoms with E-state index in [-0.39, 0.29) is 0 Å². The first-order valence-electron chi connectivity index (χ1n) is 7.47. The van der Waals surface area contributed by atoms with Gasteiger partial charge in [-0.1, -0.05) is 6.92 Å². The summed E-state index contributed by atoms with van der Waals surface area (Å²) in [4.78, 5) is 2.55. The molecule has 1 rings (SSSR count). The zero-order valence-corrected chi connectivity index (χ0v) is 12.5. The monoisotopic (exact) mass is 274 g/mol. The minimum Gasteiger partial charge on any atom is -0.382 e. The van der Waals surface area contributed by atoms with Crippen LogP contribution in [0.15, 0.2) is 0 Å². The van der Waals surface area contributed by atoms with Gasteiger partial charge in [-0.05, 0) is 25.9 Å². The molecule has 1 N–H and O–H groups in total. The van der Waals surface area contributed by atoms with Crippen molar-refractivity contribution >= 4 is 0 Å². The van der Waals surface area contributed by atoms with E-state index in [0.717, 1.165) is 26.2 Å². The molecule has 19 heavy (non-hydrogen) atoms. The second kappa shape index (κ2) is 11.6. The van der Waals surface area contributed by atoms with Crippen LogP contribution in [-0.4, -0.2) is 77.3 Å². The van der Waals surface area contributed by atoms with Gasteiger partial charge in [-0.15, -0.1) is 0 Å². The Balaban J connectivity index is 1.98. The maximum absolute atomic E-state index is 5.62. The van der Waals surface area contributed by atoms with Crippen molar-refractivity contribution in [2.45, 2.75) is 25.8 Å². The van der Waals surface area contributed by atoms with Gasteiger partial charge in [0.15, 0.2) is 0 Å². The summed E-state index contributed by atoms with van der Waals surface area (Å²) in [5, 5.41) is 3.43. The summed E-state index contributed by atoms with van der Waals surface area (Å²) in [6.45, 7) is 10.1. The molecule has 1 saturated heterocycles. The molecule has 0 saturated carbocycles. The van der Waals surface area contributed by atoms with Crippen LogP contribution in [0.5, 0.6) is 0 Å². The van der Waals surface area contributed by atoms with Crippen LogP contribution in [0.4, 0.5) is 0 Å². The lowest BCUT2D eigenvalue weighted by atomic mass is 10.2. The minimum absolute atomic E-state index is 0.648. The second-order valence-electron chi connectivity index (χ2n) is 4.90. The lowest BCUT2D eigenvalue weighted by Gasteiger charge is -2.27. The molecular weight excluding hydrogens is 244 g/mol. The molecule has 114 valence electrons. The summed E-state index contributed by atoms with van der Waals surface area (Å²) >= 11 is 0. The predicted molar refractivity (Wildman–Crippen MR) is 76.7 cm³/mol. The third kappa shape index (κ3) is 7.84. The maximum Gasteiger partial charge on any atom is 0.0701 e. The van der Waals surface area contributed by atoms with E-state index in [1.54, 1.807) is 7.11 Å². The molecule has 0 aliphatic carbocycles. The Morgan fingerprint density at radius 3 is 2.42 bits per heavy atom. The summed E-state index contributed by atoms with van der Waals surface area (Å²) in [7, 11) is 1.68. The first-order chi connectivity index (χ1) is 9.38. The number of rotatable bonds is 12. The van der Waals surface area contributed by atoms with Gasteiger partial charge in [0.1, 0.15) is 0 Å². The fraction of sp³-hybridized carbons (Fsp3) is 1.00. The molecule has 1 atom stereocenters. The van der Waals surface area contributed by atoms with Crippen LogP contribution < -0.4 is 5.32 Å². The van der Waals surface area contributed by atoms with Gasteiger partial charge >= 0.3 is 0 Å². The highest BCUT2D eigenvalue weighted by atomic mass is 16.5. The molecule has 5 nitrogen and oxygen atoms in total. The van der Waals surface area contributed by atoms with Gasteiger partial charge < -0.3 is 19.5 Å². The van der Waals surface area contributed by atoms with E-state index in [0.29, 0.717) is 32.5 Å². The van der Waals surface area contributed by atoms with Crippen molar-refractivity contribution in [1.82, 2.24) is 10.2 Å². The van der Waals surface area contributed by atoms with E-state index in [4.69, 9.17) is 14.2 Å². The Morgan fingerprint density at radius 1 is 1.05 bits per heavy atom. The molecule has 5 heteroatoms. The Kier molecular flexibility index (Phi) is 10.3. The normalized spacial score (nSPS) is 19.4. The van der Waals surface area contributed by atoms with Gasteiger partial charge in [0.05, 0.1) is 33.0 Å². The van der Waals surface area contributed by atoms with Crippen LogP contribution in [-0.2, 0) is 14.2 Å². The molecule has 1 fully saturated rings. The minimum atomic E-state index is 0.648. The van der Waals surface area contributed by atoms with Crippen LogP contribution in [0, 0.1) is 0 Å². The van der Waals surface area contributed by atoms with Gasteiger partial charge in [0.25, 0.3) is 0 Å². The number of hydrogen-bond acceptors (Lipinski definition) is 5. The molecule has 1 aliphatic rings. The van der Waals surface area contributed by atoms with E-state index in [1.165, 1.54) is 19.4 Å².